The van der Waals surface area contributed by atoms with Crippen LogP contribution >= 0.6 is 0 Å². The van der Waals surface area contributed by atoms with Gasteiger partial charge in [0.1, 0.15) is 0 Å². The lowest BCUT2D eigenvalue weighted by Gasteiger charge is -2.15. The monoisotopic (exact) mass is 379 g/mol. The fourth-order valence-electron chi connectivity index (χ4n) is 3.15. The molecule has 1 aliphatic heterocycles. The lowest BCUT2D eigenvalue weighted by molar-refractivity contribution is 0.0148. The van der Waals surface area contributed by atoms with Gasteiger partial charge in [0.25, 0.3) is 0 Å². The van der Waals surface area contributed by atoms with Crippen molar-refractivity contribution in [1.29, 1.82) is 0 Å². The van der Waals surface area contributed by atoms with Crippen molar-refractivity contribution in [2.45, 2.75) is 89.4 Å². The number of β-amino-alcohol motifs (C(OH)–C–C–N with tert-alkyl or cyclic N) is 1. The van der Waals surface area contributed by atoms with Gasteiger partial charge in [-0.1, -0.05) is 69.1 Å². The quantitative estimate of drug-likeness (QED) is 0.277. The van der Waals surface area contributed by atoms with Crippen molar-refractivity contribution >= 4 is 0 Å². The predicted molar refractivity (Wildman–Crippen MR) is 114 cm³/mol. The van der Waals surface area contributed by atoms with Gasteiger partial charge in [-0.2, -0.15) is 0 Å². The smallest absolute Gasteiger partial charge is 0.0986 e. The maximum Gasteiger partial charge on any atom is 0.0986 e. The maximum atomic E-state index is 9.70. The molecular weight excluding hydrogens is 338 g/mol. The summed E-state index contributed by atoms with van der Waals surface area (Å²) in [4.78, 5) is 0. The molecule has 0 bridgehead atoms. The largest absolute Gasteiger partial charge is 0.389 e. The molecule has 1 fully saturated rings. The molecule has 0 aliphatic carbocycles. The number of unbranched alkanes of at least 4 members (excludes halogenated alkanes) is 6. The highest BCUT2D eigenvalue weighted by molar-refractivity contribution is 4.97. The second-order valence-electron chi connectivity index (χ2n) is 7.35. The zero-order chi connectivity index (χ0) is 19.6. The number of hydrogen-bond acceptors (Lipinski definition) is 4. The summed E-state index contributed by atoms with van der Waals surface area (Å²) < 4.78 is 5.60. The Kier molecular flexibility index (Phi) is 15.3. The van der Waals surface area contributed by atoms with Crippen molar-refractivity contribution in [3.63, 3.8) is 0 Å². The minimum Gasteiger partial charge on any atom is -0.389 e. The molecule has 0 aromatic heterocycles. The van der Waals surface area contributed by atoms with Crippen LogP contribution in [0.2, 0.25) is 0 Å². The molecule has 3 atom stereocenters. The molecule has 0 aromatic rings. The Labute approximate surface area is 166 Å². The molecule has 1 saturated heterocycles. The number of allylic oxidation sites excluding steroid dienone is 6. The lowest BCUT2D eigenvalue weighted by atomic mass is 10.1. The number of ether oxygens (including phenoxy) is 1. The number of nitrogens with one attached hydrogen (secondary N) is 1. The van der Waals surface area contributed by atoms with Gasteiger partial charge in [0.2, 0.25) is 0 Å². The van der Waals surface area contributed by atoms with Crippen molar-refractivity contribution in [2.24, 2.45) is 0 Å². The normalized spacial score (nSPS) is 23.4. The van der Waals surface area contributed by atoms with Gasteiger partial charge in [0.05, 0.1) is 24.9 Å². The van der Waals surface area contributed by atoms with Gasteiger partial charge in [0.15, 0.2) is 0 Å². The van der Waals surface area contributed by atoms with Crippen molar-refractivity contribution in [3.8, 4) is 0 Å². The predicted octanol–water partition coefficient (Wildman–Crippen LogP) is 4.29. The van der Waals surface area contributed by atoms with Crippen LogP contribution in [0.5, 0.6) is 0 Å². The van der Waals surface area contributed by atoms with Crippen LogP contribution in [-0.2, 0) is 4.74 Å². The molecule has 0 amide bonds. The Morgan fingerprint density at radius 3 is 2.15 bits per heavy atom. The van der Waals surface area contributed by atoms with Crippen molar-refractivity contribution < 1.29 is 14.9 Å². The van der Waals surface area contributed by atoms with Crippen LogP contribution in [0.3, 0.4) is 0 Å². The van der Waals surface area contributed by atoms with Crippen LogP contribution in [-0.4, -0.2) is 48.2 Å². The molecule has 0 unspecified atom stereocenters. The average molecular weight is 380 g/mol. The summed E-state index contributed by atoms with van der Waals surface area (Å²) >= 11 is 0. The van der Waals surface area contributed by atoms with Crippen LogP contribution in [0.4, 0.5) is 0 Å². The van der Waals surface area contributed by atoms with E-state index in [2.05, 4.69) is 48.7 Å². The van der Waals surface area contributed by atoms with E-state index in [4.69, 9.17) is 4.74 Å². The van der Waals surface area contributed by atoms with Crippen LogP contribution < -0.4 is 5.32 Å². The van der Waals surface area contributed by atoms with Crippen molar-refractivity contribution in [2.75, 3.05) is 19.8 Å². The molecule has 4 nitrogen and oxygen atoms in total. The second kappa shape index (κ2) is 17.2. The van der Waals surface area contributed by atoms with Gasteiger partial charge in [-0.3, -0.25) is 0 Å². The first kappa shape index (κ1) is 24.1. The number of aliphatic hydroxyl groups excluding tert-OH is 2. The zero-order valence-corrected chi connectivity index (χ0v) is 17.2. The first-order chi connectivity index (χ1) is 13.3. The first-order valence-corrected chi connectivity index (χ1v) is 10.9. The summed E-state index contributed by atoms with van der Waals surface area (Å²) in [7, 11) is 0. The average Bonchev–Trinajstić information content (AvgIpc) is 2.99. The van der Waals surface area contributed by atoms with Crippen LogP contribution in [0, 0.1) is 0 Å². The Bertz CT molecular complexity index is 420. The molecular formula is C23H41NO3. The van der Waals surface area contributed by atoms with Crippen LogP contribution in [0.25, 0.3) is 0 Å². The number of rotatable bonds is 16. The highest BCUT2D eigenvalue weighted by atomic mass is 16.5. The van der Waals surface area contributed by atoms with E-state index in [9.17, 15) is 10.2 Å². The SMILES string of the molecule is CC/C=C\C/C=C\C/C=C\CCCCCCCCOC[C@H]1NC[C@H](O)[C@@H]1O. The Hall–Kier alpha value is -0.940. The molecule has 0 saturated carbocycles. The maximum absolute atomic E-state index is 9.70. The molecule has 156 valence electrons. The van der Waals surface area contributed by atoms with E-state index >= 15 is 0 Å². The lowest BCUT2D eigenvalue weighted by Crippen LogP contribution is -2.37. The second-order valence-corrected chi connectivity index (χ2v) is 7.35. The molecule has 27 heavy (non-hydrogen) atoms. The highest BCUT2D eigenvalue weighted by Crippen LogP contribution is 2.10. The van der Waals surface area contributed by atoms with E-state index in [1.807, 2.05) is 0 Å². The third-order valence-electron chi connectivity index (χ3n) is 4.88. The molecule has 0 aromatic carbocycles. The molecule has 1 rings (SSSR count). The topological polar surface area (TPSA) is 61.7 Å². The summed E-state index contributed by atoms with van der Waals surface area (Å²) in [6, 6.07) is -0.124. The summed E-state index contributed by atoms with van der Waals surface area (Å²) in [6.45, 7) is 3.84. The number of aliphatic hydroxyl groups is 2. The summed E-state index contributed by atoms with van der Waals surface area (Å²) in [6.07, 6.45) is 24.0. The summed E-state index contributed by atoms with van der Waals surface area (Å²) in [5.74, 6) is 0. The molecule has 0 radical (unpaired) electrons. The standard InChI is InChI=1S/C23H41NO3/c1-2-3-4-5-6-7-8-9-10-11-12-13-14-15-16-17-18-27-20-21-23(26)22(25)19-24-21/h3-4,6-7,9-10,21-26H,2,5,8,11-20H2,1H3/b4-3-,7-6-,10-9-/t21-,22+,23-/m1/s1. The molecule has 4 heteroatoms. The Balaban J connectivity index is 1.79. The van der Waals surface area contributed by atoms with E-state index in [-0.39, 0.29) is 6.04 Å². The van der Waals surface area contributed by atoms with Gasteiger partial charge in [-0.05, 0) is 38.5 Å². The zero-order valence-electron chi connectivity index (χ0n) is 17.2. The van der Waals surface area contributed by atoms with Gasteiger partial charge in [-0.15, -0.1) is 0 Å². The van der Waals surface area contributed by atoms with E-state index in [1.165, 1.54) is 38.5 Å². The summed E-state index contributed by atoms with van der Waals surface area (Å²) in [5, 5.41) is 22.2. The number of hydrogen-bond donors (Lipinski definition) is 3. The third-order valence-corrected chi connectivity index (χ3v) is 4.88. The molecule has 1 aliphatic rings. The van der Waals surface area contributed by atoms with E-state index in [1.54, 1.807) is 0 Å². The van der Waals surface area contributed by atoms with Crippen molar-refractivity contribution in [1.82, 2.24) is 5.32 Å². The summed E-state index contributed by atoms with van der Waals surface area (Å²) in [5.41, 5.74) is 0. The Morgan fingerprint density at radius 2 is 1.48 bits per heavy atom. The fourth-order valence-corrected chi connectivity index (χ4v) is 3.15. The van der Waals surface area contributed by atoms with Crippen LogP contribution in [0.15, 0.2) is 36.5 Å². The van der Waals surface area contributed by atoms with E-state index in [0.717, 1.165) is 32.3 Å². The highest BCUT2D eigenvalue weighted by Gasteiger charge is 2.32. The van der Waals surface area contributed by atoms with Crippen molar-refractivity contribution in [3.05, 3.63) is 36.5 Å². The van der Waals surface area contributed by atoms with E-state index < -0.39 is 12.2 Å². The Morgan fingerprint density at radius 1 is 0.852 bits per heavy atom. The van der Waals surface area contributed by atoms with Gasteiger partial charge in [0, 0.05) is 13.2 Å². The fraction of sp³-hybridized carbons (Fsp3) is 0.739. The van der Waals surface area contributed by atoms with Gasteiger partial charge in [-0.25, -0.2) is 0 Å². The molecule has 0 spiro atoms. The van der Waals surface area contributed by atoms with Gasteiger partial charge >= 0.3 is 0 Å². The van der Waals surface area contributed by atoms with E-state index in [0.29, 0.717) is 13.2 Å². The minimum atomic E-state index is -0.696. The first-order valence-electron chi connectivity index (χ1n) is 10.9. The third kappa shape index (κ3) is 13.0. The molecule has 1 heterocycles. The minimum absolute atomic E-state index is 0.124. The van der Waals surface area contributed by atoms with Gasteiger partial charge < -0.3 is 20.3 Å². The van der Waals surface area contributed by atoms with Crippen LogP contribution in [0.1, 0.15) is 71.1 Å². The molecule has 3 N–H and O–H groups in total.